The summed E-state index contributed by atoms with van der Waals surface area (Å²) in [6.07, 6.45) is 2.64. The molecule has 0 radical (unpaired) electrons. The Hall–Kier alpha value is -2.25. The number of ether oxygens (including phenoxy) is 2. The molecule has 0 atom stereocenters. The number of hydrogen-bond acceptors (Lipinski definition) is 6. The second kappa shape index (κ2) is 10.9. The van der Waals surface area contributed by atoms with Gasteiger partial charge in [0, 0.05) is 22.9 Å². The van der Waals surface area contributed by atoms with Crippen molar-refractivity contribution in [2.75, 3.05) is 6.61 Å². The molecule has 2 rings (SSSR count). The van der Waals surface area contributed by atoms with Crippen LogP contribution in [0.3, 0.4) is 0 Å². The van der Waals surface area contributed by atoms with Gasteiger partial charge in [0.25, 0.3) is 5.91 Å². The van der Waals surface area contributed by atoms with Gasteiger partial charge in [0.15, 0.2) is 0 Å². The van der Waals surface area contributed by atoms with Gasteiger partial charge < -0.3 is 14.8 Å². The van der Waals surface area contributed by atoms with Crippen molar-refractivity contribution in [2.24, 2.45) is 0 Å². The lowest BCUT2D eigenvalue weighted by molar-refractivity contribution is 0.0967. The Kier molecular flexibility index (Phi) is 8.60. The first-order valence-electron chi connectivity index (χ1n) is 9.00. The number of thiazole rings is 1. The number of rotatable bonds is 10. The Morgan fingerprint density at radius 3 is 2.75 bits per heavy atom. The number of carbonyl (C=O) groups excluding carboxylic acids is 1. The van der Waals surface area contributed by atoms with Crippen LogP contribution in [-0.2, 0) is 6.42 Å². The Morgan fingerprint density at radius 1 is 1.36 bits per heavy atom. The minimum atomic E-state index is -0.251. The fourth-order valence-corrected chi connectivity index (χ4v) is 3.55. The summed E-state index contributed by atoms with van der Waals surface area (Å²) in [5, 5.41) is 5.20. The van der Waals surface area contributed by atoms with E-state index < -0.39 is 0 Å². The maximum atomic E-state index is 12.6. The third-order valence-corrected chi connectivity index (χ3v) is 5.35. The zero-order chi connectivity index (χ0) is 20.5. The van der Waals surface area contributed by atoms with Gasteiger partial charge in [-0.15, -0.1) is 11.3 Å². The summed E-state index contributed by atoms with van der Waals surface area (Å²) >= 11 is 2.98. The van der Waals surface area contributed by atoms with E-state index in [0.29, 0.717) is 28.7 Å². The summed E-state index contributed by atoms with van der Waals surface area (Å²) < 4.78 is 11.7. The van der Waals surface area contributed by atoms with E-state index in [1.54, 1.807) is 29.5 Å². The summed E-state index contributed by atoms with van der Waals surface area (Å²) in [7, 11) is 0. The van der Waals surface area contributed by atoms with Crippen LogP contribution in [0.4, 0.5) is 0 Å². The number of allylic oxidation sites excluding steroid dienone is 1. The Labute approximate surface area is 174 Å². The monoisotopic (exact) mass is 418 g/mol. The van der Waals surface area contributed by atoms with Crippen LogP contribution < -0.4 is 14.8 Å². The van der Waals surface area contributed by atoms with E-state index in [-0.39, 0.29) is 12.0 Å². The first kappa shape index (κ1) is 22.0. The van der Waals surface area contributed by atoms with Gasteiger partial charge in [-0.3, -0.25) is 4.79 Å². The van der Waals surface area contributed by atoms with Gasteiger partial charge in [-0.2, -0.15) is 0 Å². The number of nitrogens with zero attached hydrogens (tertiary/aromatic N) is 1. The smallest absolute Gasteiger partial charge is 0.256 e. The number of hydrogen-bond donors (Lipinski definition) is 1. The molecule has 7 heteroatoms. The van der Waals surface area contributed by atoms with Crippen LogP contribution >= 0.6 is 23.1 Å². The molecule has 1 N–H and O–H groups in total. The molecule has 0 fully saturated rings. The van der Waals surface area contributed by atoms with E-state index in [2.05, 4.69) is 16.9 Å². The Morgan fingerprint density at radius 2 is 2.11 bits per heavy atom. The summed E-state index contributed by atoms with van der Waals surface area (Å²) in [5.41, 5.74) is 3.33. The van der Waals surface area contributed by atoms with Gasteiger partial charge in [-0.1, -0.05) is 24.4 Å². The van der Waals surface area contributed by atoms with E-state index >= 15 is 0 Å². The number of carbonyl (C=O) groups is 1. The number of aromatic nitrogens is 1. The molecule has 150 valence electrons. The molecule has 0 saturated carbocycles. The molecule has 1 aromatic heterocycles. The predicted octanol–water partition coefficient (Wildman–Crippen LogP) is 5.33. The largest absolute Gasteiger partial charge is 0.493 e. The first-order valence-corrected chi connectivity index (χ1v) is 10.8. The number of benzene rings is 1. The summed E-state index contributed by atoms with van der Waals surface area (Å²) in [6.45, 7) is 12.1. The van der Waals surface area contributed by atoms with Crippen molar-refractivity contribution >= 4 is 29.0 Å². The highest BCUT2D eigenvalue weighted by molar-refractivity contribution is 8.05. The van der Waals surface area contributed by atoms with E-state index in [1.807, 2.05) is 44.7 Å². The summed E-state index contributed by atoms with van der Waals surface area (Å²) in [4.78, 5) is 18.0. The highest BCUT2D eigenvalue weighted by Crippen LogP contribution is 2.25. The quantitative estimate of drug-likeness (QED) is 0.565. The lowest BCUT2D eigenvalue weighted by Gasteiger charge is -2.14. The van der Waals surface area contributed by atoms with E-state index in [4.69, 9.17) is 9.47 Å². The number of aryl methyl sites for hydroxylation is 1. The average Bonchev–Trinajstić information content (AvgIpc) is 3.04. The van der Waals surface area contributed by atoms with Crippen molar-refractivity contribution in [1.29, 1.82) is 0 Å². The summed E-state index contributed by atoms with van der Waals surface area (Å²) in [5.74, 6) is 0.940. The number of nitrogens with one attached hydrogen (secondary N) is 1. The lowest BCUT2D eigenvalue weighted by atomic mass is 10.2. The molecule has 1 aromatic carbocycles. The average molecular weight is 419 g/mol. The molecule has 0 aliphatic rings. The number of amides is 1. The minimum absolute atomic E-state index is 0.00813. The van der Waals surface area contributed by atoms with Crippen molar-refractivity contribution in [3.05, 3.63) is 62.9 Å². The van der Waals surface area contributed by atoms with E-state index in [1.165, 1.54) is 16.6 Å². The van der Waals surface area contributed by atoms with Crippen LogP contribution in [0.1, 0.15) is 41.7 Å². The van der Waals surface area contributed by atoms with E-state index in [0.717, 1.165) is 12.1 Å². The molecule has 1 heterocycles. The van der Waals surface area contributed by atoms with Gasteiger partial charge in [0.1, 0.15) is 11.5 Å². The molecular formula is C21H26N2O3S2. The van der Waals surface area contributed by atoms with Crippen LogP contribution in [0.15, 0.2) is 46.8 Å². The van der Waals surface area contributed by atoms with Crippen LogP contribution in [0.2, 0.25) is 0 Å². The third kappa shape index (κ3) is 7.05. The maximum Gasteiger partial charge on any atom is 0.256 e. The molecule has 0 aliphatic heterocycles. The van der Waals surface area contributed by atoms with Crippen LogP contribution in [0.25, 0.3) is 0 Å². The minimum Gasteiger partial charge on any atom is -0.493 e. The molecule has 0 saturated heterocycles. The maximum absolute atomic E-state index is 12.6. The van der Waals surface area contributed by atoms with Crippen molar-refractivity contribution in [2.45, 2.75) is 40.2 Å². The zero-order valence-electron chi connectivity index (χ0n) is 16.7. The molecule has 0 bridgehead atoms. The summed E-state index contributed by atoms with van der Waals surface area (Å²) in [6, 6.07) is 5.23. The molecular weight excluding hydrogens is 392 g/mol. The molecule has 1 amide bonds. The topological polar surface area (TPSA) is 60.5 Å². The fourth-order valence-electron chi connectivity index (χ4n) is 2.33. The van der Waals surface area contributed by atoms with Crippen molar-refractivity contribution in [3.8, 4) is 11.5 Å². The van der Waals surface area contributed by atoms with Gasteiger partial charge in [-0.25, -0.2) is 4.98 Å². The van der Waals surface area contributed by atoms with Gasteiger partial charge in [0.2, 0.25) is 0 Å². The Balaban J connectivity index is 2.10. The van der Waals surface area contributed by atoms with Gasteiger partial charge in [0.05, 0.1) is 28.9 Å². The normalized spacial score (nSPS) is 11.0. The molecule has 5 nitrogen and oxygen atoms in total. The van der Waals surface area contributed by atoms with Crippen molar-refractivity contribution in [3.63, 3.8) is 0 Å². The Bertz CT molecular complexity index is 844. The predicted molar refractivity (Wildman–Crippen MR) is 117 cm³/mol. The molecule has 0 spiro atoms. The zero-order valence-corrected chi connectivity index (χ0v) is 18.3. The van der Waals surface area contributed by atoms with Crippen molar-refractivity contribution < 1.29 is 14.3 Å². The van der Waals surface area contributed by atoms with Gasteiger partial charge in [-0.05, 0) is 45.2 Å². The fraction of sp³-hybridized carbons (Fsp3) is 0.333. The SMILES string of the molecule is C=C(NC(=O)c1cc(OCCc2scnc2C)cc(OC(C)C)c1)S/C=C\C. The standard InChI is InChI=1S/C21H26N2O3S2/c1-6-9-27-16(5)23-21(24)17-10-18(12-19(11-17)26-14(2)3)25-8-7-20-15(4)22-13-28-20/h6,9-14H,5,7-8H2,1-4H3,(H,23,24)/b9-6-. The van der Waals surface area contributed by atoms with Crippen LogP contribution in [-0.4, -0.2) is 23.6 Å². The second-order valence-corrected chi connectivity index (χ2v) is 8.22. The molecule has 28 heavy (non-hydrogen) atoms. The van der Waals surface area contributed by atoms with E-state index in [9.17, 15) is 4.79 Å². The third-order valence-electron chi connectivity index (χ3n) is 3.56. The van der Waals surface area contributed by atoms with Crippen LogP contribution in [0, 0.1) is 6.92 Å². The lowest BCUT2D eigenvalue weighted by Crippen LogP contribution is -2.21. The van der Waals surface area contributed by atoms with Crippen molar-refractivity contribution in [1.82, 2.24) is 10.3 Å². The second-order valence-electron chi connectivity index (χ2n) is 6.28. The first-order chi connectivity index (χ1) is 13.4. The van der Waals surface area contributed by atoms with Gasteiger partial charge >= 0.3 is 0 Å². The highest BCUT2D eigenvalue weighted by atomic mass is 32.2. The molecule has 2 aromatic rings. The molecule has 0 unspecified atom stereocenters. The number of thioether (sulfide) groups is 1. The van der Waals surface area contributed by atoms with Crippen LogP contribution in [0.5, 0.6) is 11.5 Å². The highest BCUT2D eigenvalue weighted by Gasteiger charge is 2.12. The molecule has 0 aliphatic carbocycles.